The Hall–Kier alpha value is -1.22. The van der Waals surface area contributed by atoms with Crippen molar-refractivity contribution in [2.24, 2.45) is 5.92 Å². The molecule has 3 heteroatoms. The number of hydrogen-bond acceptors (Lipinski definition) is 3. The maximum Gasteiger partial charge on any atom is 0.122 e. The van der Waals surface area contributed by atoms with E-state index in [1.807, 2.05) is 6.07 Å². The number of rotatable bonds is 8. The first-order valence-electron chi connectivity index (χ1n) is 8.46. The summed E-state index contributed by atoms with van der Waals surface area (Å²) in [5.74, 6) is 1.26. The molecule has 1 unspecified atom stereocenters. The first kappa shape index (κ1) is 16.2. The second kappa shape index (κ2) is 7.69. The summed E-state index contributed by atoms with van der Waals surface area (Å²) in [6.07, 6.45) is 5.21. The van der Waals surface area contributed by atoms with E-state index < -0.39 is 0 Å². The highest BCUT2D eigenvalue weighted by molar-refractivity contribution is 5.54. The Bertz CT molecular complexity index is 443. The van der Waals surface area contributed by atoms with Gasteiger partial charge in [-0.1, -0.05) is 19.4 Å². The fourth-order valence-corrected chi connectivity index (χ4v) is 2.97. The number of hydrogen-bond donors (Lipinski definition) is 2. The zero-order valence-corrected chi connectivity index (χ0v) is 13.7. The highest BCUT2D eigenvalue weighted by Gasteiger charge is 2.21. The molecule has 0 aromatic heterocycles. The van der Waals surface area contributed by atoms with Crippen LogP contribution in [0.4, 0.5) is 5.69 Å². The van der Waals surface area contributed by atoms with Crippen LogP contribution < -0.4 is 10.2 Å². The summed E-state index contributed by atoms with van der Waals surface area (Å²) in [6, 6.07) is 6.35. The number of benzene rings is 1. The maximum absolute atomic E-state index is 10.3. The summed E-state index contributed by atoms with van der Waals surface area (Å²) in [7, 11) is 0. The lowest BCUT2D eigenvalue weighted by molar-refractivity contribution is 0.318. The van der Waals surface area contributed by atoms with Gasteiger partial charge in [0.15, 0.2) is 0 Å². The average Bonchev–Trinajstić information content (AvgIpc) is 2.43. The molecule has 0 radical (unpaired) electrons. The Morgan fingerprint density at radius 1 is 1.33 bits per heavy atom. The lowest BCUT2D eigenvalue weighted by atomic mass is 9.85. The number of nitrogens with zero attached hydrogens (tertiary/aromatic N) is 1. The van der Waals surface area contributed by atoms with E-state index in [9.17, 15) is 5.11 Å². The molecule has 1 aromatic rings. The van der Waals surface area contributed by atoms with Crippen molar-refractivity contribution in [1.82, 2.24) is 5.32 Å². The van der Waals surface area contributed by atoms with E-state index in [-0.39, 0.29) is 6.04 Å². The Morgan fingerprint density at radius 3 is 2.62 bits per heavy atom. The van der Waals surface area contributed by atoms with E-state index in [2.05, 4.69) is 43.1 Å². The summed E-state index contributed by atoms with van der Waals surface area (Å²) in [5, 5.41) is 13.8. The van der Waals surface area contributed by atoms with E-state index in [0.717, 1.165) is 43.2 Å². The van der Waals surface area contributed by atoms with E-state index >= 15 is 0 Å². The van der Waals surface area contributed by atoms with Crippen LogP contribution in [0.2, 0.25) is 0 Å². The zero-order chi connectivity index (χ0) is 15.2. The summed E-state index contributed by atoms with van der Waals surface area (Å²) >= 11 is 0. The van der Waals surface area contributed by atoms with Crippen molar-refractivity contribution >= 4 is 5.69 Å². The lowest BCUT2D eigenvalue weighted by Gasteiger charge is -2.33. The molecule has 1 aromatic carbocycles. The second-order valence-electron chi connectivity index (χ2n) is 6.25. The van der Waals surface area contributed by atoms with Crippen molar-refractivity contribution in [3.8, 4) is 5.75 Å². The highest BCUT2D eigenvalue weighted by atomic mass is 16.3. The van der Waals surface area contributed by atoms with Gasteiger partial charge in [0.2, 0.25) is 0 Å². The van der Waals surface area contributed by atoms with Gasteiger partial charge in [0.05, 0.1) is 0 Å². The van der Waals surface area contributed by atoms with Gasteiger partial charge in [0.1, 0.15) is 5.75 Å². The van der Waals surface area contributed by atoms with Gasteiger partial charge in [0, 0.05) is 36.4 Å². The Labute approximate surface area is 129 Å². The number of phenols is 1. The van der Waals surface area contributed by atoms with E-state index in [1.165, 1.54) is 19.3 Å². The summed E-state index contributed by atoms with van der Waals surface area (Å²) in [4.78, 5) is 2.39. The van der Waals surface area contributed by atoms with Gasteiger partial charge < -0.3 is 15.3 Å². The number of aromatic hydroxyl groups is 1. The van der Waals surface area contributed by atoms with Gasteiger partial charge in [0.25, 0.3) is 0 Å². The van der Waals surface area contributed by atoms with E-state index in [1.54, 1.807) is 0 Å². The van der Waals surface area contributed by atoms with E-state index in [4.69, 9.17) is 0 Å². The van der Waals surface area contributed by atoms with Crippen LogP contribution in [0.25, 0.3) is 0 Å². The quantitative estimate of drug-likeness (QED) is 0.757. The molecule has 0 saturated heterocycles. The molecule has 0 heterocycles. The second-order valence-corrected chi connectivity index (χ2v) is 6.25. The molecule has 1 aliphatic rings. The van der Waals surface area contributed by atoms with Gasteiger partial charge in [-0.25, -0.2) is 0 Å². The molecule has 2 rings (SSSR count). The van der Waals surface area contributed by atoms with Crippen molar-refractivity contribution in [3.05, 3.63) is 23.8 Å². The maximum atomic E-state index is 10.3. The minimum absolute atomic E-state index is 0.195. The van der Waals surface area contributed by atoms with Crippen LogP contribution in [0.5, 0.6) is 5.75 Å². The normalized spacial score (nSPS) is 16.5. The van der Waals surface area contributed by atoms with Crippen LogP contribution >= 0.6 is 0 Å². The molecule has 3 nitrogen and oxygen atoms in total. The Kier molecular flexibility index (Phi) is 5.92. The fourth-order valence-electron chi connectivity index (χ4n) is 2.97. The van der Waals surface area contributed by atoms with Crippen molar-refractivity contribution in [3.63, 3.8) is 0 Å². The molecule has 0 bridgehead atoms. The Morgan fingerprint density at radius 2 is 2.10 bits per heavy atom. The van der Waals surface area contributed by atoms with Gasteiger partial charge in [-0.3, -0.25) is 0 Å². The molecule has 1 atom stereocenters. The summed E-state index contributed by atoms with van der Waals surface area (Å²) < 4.78 is 0. The molecule has 1 saturated carbocycles. The predicted molar refractivity (Wildman–Crippen MR) is 90.0 cm³/mol. The van der Waals surface area contributed by atoms with Crippen LogP contribution in [-0.2, 0) is 0 Å². The minimum atomic E-state index is 0.195. The molecule has 21 heavy (non-hydrogen) atoms. The van der Waals surface area contributed by atoms with Crippen molar-refractivity contribution < 1.29 is 5.11 Å². The summed E-state index contributed by atoms with van der Waals surface area (Å²) in [6.45, 7) is 9.55. The number of nitrogens with one attached hydrogen (secondary N) is 1. The third kappa shape index (κ3) is 4.13. The van der Waals surface area contributed by atoms with Crippen LogP contribution in [0.3, 0.4) is 0 Å². The lowest BCUT2D eigenvalue weighted by Crippen LogP contribution is -2.32. The van der Waals surface area contributed by atoms with Crippen LogP contribution in [-0.4, -0.2) is 24.7 Å². The van der Waals surface area contributed by atoms with Gasteiger partial charge in [-0.05, 0) is 51.6 Å². The topological polar surface area (TPSA) is 35.5 Å². The smallest absolute Gasteiger partial charge is 0.122 e. The summed E-state index contributed by atoms with van der Waals surface area (Å²) in [5.41, 5.74) is 2.14. The molecule has 0 spiro atoms. The SMILES string of the molecule is CCCNC(C)c1ccc(N(CC)CC2CCC2)cc1O. The molecular formula is C18H30N2O. The zero-order valence-electron chi connectivity index (χ0n) is 13.7. The standard InChI is InChI=1S/C18H30N2O/c1-4-11-19-14(3)17-10-9-16(12-18(17)21)20(5-2)13-15-7-6-8-15/h9-10,12,14-15,19,21H,4-8,11,13H2,1-3H3. The van der Waals surface area contributed by atoms with Crippen molar-refractivity contribution in [1.29, 1.82) is 0 Å². The monoisotopic (exact) mass is 290 g/mol. The molecule has 2 N–H and O–H groups in total. The molecule has 118 valence electrons. The van der Waals surface area contributed by atoms with Crippen molar-refractivity contribution in [2.45, 2.75) is 52.5 Å². The highest BCUT2D eigenvalue weighted by Crippen LogP contribution is 2.32. The molecule has 1 aliphatic carbocycles. The van der Waals surface area contributed by atoms with Crippen LogP contribution in [0.15, 0.2) is 18.2 Å². The average molecular weight is 290 g/mol. The predicted octanol–water partition coefficient (Wildman–Crippen LogP) is 4.08. The Balaban J connectivity index is 2.05. The molecular weight excluding hydrogens is 260 g/mol. The minimum Gasteiger partial charge on any atom is -0.508 e. The third-order valence-corrected chi connectivity index (χ3v) is 4.63. The number of anilines is 1. The third-order valence-electron chi connectivity index (χ3n) is 4.63. The van der Waals surface area contributed by atoms with Crippen LogP contribution in [0.1, 0.15) is 58.1 Å². The van der Waals surface area contributed by atoms with Gasteiger partial charge in [-0.2, -0.15) is 0 Å². The van der Waals surface area contributed by atoms with Gasteiger partial charge >= 0.3 is 0 Å². The fraction of sp³-hybridized carbons (Fsp3) is 0.667. The number of phenolic OH excluding ortho intramolecular Hbond substituents is 1. The largest absolute Gasteiger partial charge is 0.508 e. The molecule has 1 fully saturated rings. The first-order valence-corrected chi connectivity index (χ1v) is 8.46. The van der Waals surface area contributed by atoms with Crippen molar-refractivity contribution in [2.75, 3.05) is 24.5 Å². The van der Waals surface area contributed by atoms with Crippen LogP contribution in [0, 0.1) is 5.92 Å². The first-order chi connectivity index (χ1) is 10.2. The van der Waals surface area contributed by atoms with Gasteiger partial charge in [-0.15, -0.1) is 0 Å². The molecule has 0 amide bonds. The molecule has 0 aliphatic heterocycles. The van der Waals surface area contributed by atoms with E-state index in [0.29, 0.717) is 5.75 Å².